The Morgan fingerprint density at radius 1 is 1.38 bits per heavy atom. The van der Waals surface area contributed by atoms with E-state index in [-0.39, 0.29) is 0 Å². The van der Waals surface area contributed by atoms with Gasteiger partial charge in [-0.05, 0) is 17.8 Å². The summed E-state index contributed by atoms with van der Waals surface area (Å²) in [6.07, 6.45) is 1.07. The summed E-state index contributed by atoms with van der Waals surface area (Å²) in [6.45, 7) is 8.75. The van der Waals surface area contributed by atoms with Crippen molar-refractivity contribution in [2.24, 2.45) is 11.3 Å². The van der Waals surface area contributed by atoms with Gasteiger partial charge in [0.15, 0.2) is 0 Å². The van der Waals surface area contributed by atoms with Crippen molar-refractivity contribution in [2.75, 3.05) is 24.6 Å². The van der Waals surface area contributed by atoms with Crippen LogP contribution < -0.4 is 5.32 Å². The Balaban J connectivity index is 2.10. The van der Waals surface area contributed by atoms with Crippen LogP contribution in [0.5, 0.6) is 0 Å². The van der Waals surface area contributed by atoms with Gasteiger partial charge in [-0.3, -0.25) is 4.21 Å². The molecule has 78 valence electrons. The van der Waals surface area contributed by atoms with Crippen molar-refractivity contribution in [1.82, 2.24) is 5.32 Å². The zero-order valence-electron chi connectivity index (χ0n) is 8.93. The third kappa shape index (κ3) is 4.77. The molecule has 1 aliphatic heterocycles. The molecule has 0 aromatic rings. The van der Waals surface area contributed by atoms with Crippen molar-refractivity contribution < 1.29 is 4.21 Å². The highest BCUT2D eigenvalue weighted by Gasteiger charge is 2.20. The smallest absolute Gasteiger partial charge is 0.0287 e. The monoisotopic (exact) mass is 203 g/mol. The largest absolute Gasteiger partial charge is 0.316 e. The molecule has 0 amide bonds. The SMILES string of the molecule is CC(C)(C)CCS(=O)CC1CNC1. The number of rotatable bonds is 4. The zero-order chi connectivity index (χ0) is 9.90. The van der Waals surface area contributed by atoms with Crippen molar-refractivity contribution in [3.63, 3.8) is 0 Å². The summed E-state index contributed by atoms with van der Waals surface area (Å²) in [5.41, 5.74) is 0.327. The van der Waals surface area contributed by atoms with Gasteiger partial charge in [0.2, 0.25) is 0 Å². The van der Waals surface area contributed by atoms with E-state index < -0.39 is 10.8 Å². The van der Waals surface area contributed by atoms with Gasteiger partial charge in [0.1, 0.15) is 0 Å². The molecule has 0 spiro atoms. The summed E-state index contributed by atoms with van der Waals surface area (Å²) in [7, 11) is -0.585. The van der Waals surface area contributed by atoms with Crippen LogP contribution in [0.25, 0.3) is 0 Å². The first kappa shape index (κ1) is 11.2. The molecule has 1 heterocycles. The van der Waals surface area contributed by atoms with Gasteiger partial charge in [-0.15, -0.1) is 0 Å². The highest BCUT2D eigenvalue weighted by molar-refractivity contribution is 7.84. The Kier molecular flexibility index (Phi) is 3.92. The second-order valence-corrected chi connectivity index (χ2v) is 6.77. The normalized spacial score (nSPS) is 21.2. The number of hydrogen-bond acceptors (Lipinski definition) is 2. The molecule has 0 saturated carbocycles. The third-order valence-corrected chi connectivity index (χ3v) is 3.87. The highest BCUT2D eigenvalue weighted by Crippen LogP contribution is 2.19. The van der Waals surface area contributed by atoms with Crippen LogP contribution in [0.15, 0.2) is 0 Å². The lowest BCUT2D eigenvalue weighted by Crippen LogP contribution is -2.45. The third-order valence-electron chi connectivity index (χ3n) is 2.37. The molecule has 0 aromatic heterocycles. The van der Waals surface area contributed by atoms with Crippen molar-refractivity contribution in [3.8, 4) is 0 Å². The molecule has 0 radical (unpaired) electrons. The van der Waals surface area contributed by atoms with E-state index in [0.717, 1.165) is 31.0 Å². The van der Waals surface area contributed by atoms with Crippen molar-refractivity contribution >= 4 is 10.8 Å². The first-order chi connectivity index (χ1) is 5.97. The van der Waals surface area contributed by atoms with Gasteiger partial charge in [0.05, 0.1) is 0 Å². The summed E-state index contributed by atoms with van der Waals surface area (Å²) in [5.74, 6) is 2.46. The van der Waals surface area contributed by atoms with Gasteiger partial charge in [-0.25, -0.2) is 0 Å². The Labute approximate surface area is 83.9 Å². The maximum atomic E-state index is 11.6. The van der Waals surface area contributed by atoms with E-state index in [0.29, 0.717) is 11.3 Å². The van der Waals surface area contributed by atoms with Crippen LogP contribution in [0.2, 0.25) is 0 Å². The molecule has 1 aliphatic rings. The Bertz CT molecular complexity index is 182. The van der Waals surface area contributed by atoms with Gasteiger partial charge in [0, 0.05) is 35.4 Å². The maximum absolute atomic E-state index is 11.6. The predicted molar refractivity (Wildman–Crippen MR) is 58.3 cm³/mol. The molecule has 0 aliphatic carbocycles. The van der Waals surface area contributed by atoms with Crippen molar-refractivity contribution in [1.29, 1.82) is 0 Å². The Morgan fingerprint density at radius 3 is 2.38 bits per heavy atom. The Hall–Kier alpha value is 0.110. The molecule has 2 nitrogen and oxygen atoms in total. The molecule has 0 aromatic carbocycles. The molecule has 0 bridgehead atoms. The van der Waals surface area contributed by atoms with E-state index >= 15 is 0 Å². The Morgan fingerprint density at radius 2 is 2.00 bits per heavy atom. The minimum Gasteiger partial charge on any atom is -0.316 e. The minimum atomic E-state index is -0.585. The van der Waals surface area contributed by atoms with Crippen LogP contribution in [0.3, 0.4) is 0 Å². The lowest BCUT2D eigenvalue weighted by atomic mass is 9.94. The standard InChI is InChI=1S/C10H21NOS/c1-10(2,3)4-5-13(12)8-9-6-11-7-9/h9,11H,4-8H2,1-3H3. The highest BCUT2D eigenvalue weighted by atomic mass is 32.2. The summed E-state index contributed by atoms with van der Waals surface area (Å²) in [4.78, 5) is 0. The fourth-order valence-electron chi connectivity index (χ4n) is 1.23. The molecular weight excluding hydrogens is 182 g/mol. The second kappa shape index (κ2) is 4.56. The molecule has 1 rings (SSSR count). The van der Waals surface area contributed by atoms with Crippen LogP contribution in [0.4, 0.5) is 0 Å². The zero-order valence-corrected chi connectivity index (χ0v) is 9.75. The van der Waals surface area contributed by atoms with E-state index in [1.165, 1.54) is 0 Å². The first-order valence-corrected chi connectivity index (χ1v) is 6.52. The number of hydrogen-bond donors (Lipinski definition) is 1. The first-order valence-electron chi connectivity index (χ1n) is 5.03. The molecule has 13 heavy (non-hydrogen) atoms. The minimum absolute atomic E-state index is 0.327. The van der Waals surface area contributed by atoms with Gasteiger partial charge in [-0.2, -0.15) is 0 Å². The predicted octanol–water partition coefficient (Wildman–Crippen LogP) is 1.39. The maximum Gasteiger partial charge on any atom is 0.0287 e. The molecular formula is C10H21NOS. The van der Waals surface area contributed by atoms with Crippen LogP contribution in [-0.2, 0) is 10.8 Å². The lowest BCUT2D eigenvalue weighted by Gasteiger charge is -2.27. The van der Waals surface area contributed by atoms with Crippen LogP contribution in [0.1, 0.15) is 27.2 Å². The molecule has 1 N–H and O–H groups in total. The van der Waals surface area contributed by atoms with Gasteiger partial charge in [0.25, 0.3) is 0 Å². The van der Waals surface area contributed by atoms with Crippen LogP contribution in [-0.4, -0.2) is 28.8 Å². The van der Waals surface area contributed by atoms with Crippen molar-refractivity contribution in [3.05, 3.63) is 0 Å². The van der Waals surface area contributed by atoms with Crippen LogP contribution >= 0.6 is 0 Å². The molecule has 1 unspecified atom stereocenters. The van der Waals surface area contributed by atoms with Gasteiger partial charge < -0.3 is 5.32 Å². The summed E-state index contributed by atoms with van der Waals surface area (Å²) in [6, 6.07) is 0. The van der Waals surface area contributed by atoms with E-state index in [1.807, 2.05) is 0 Å². The topological polar surface area (TPSA) is 29.1 Å². The van der Waals surface area contributed by atoms with E-state index in [4.69, 9.17) is 0 Å². The molecule has 3 heteroatoms. The quantitative estimate of drug-likeness (QED) is 0.748. The van der Waals surface area contributed by atoms with E-state index in [2.05, 4.69) is 26.1 Å². The molecule has 1 saturated heterocycles. The van der Waals surface area contributed by atoms with Crippen LogP contribution in [0, 0.1) is 11.3 Å². The van der Waals surface area contributed by atoms with Gasteiger partial charge >= 0.3 is 0 Å². The summed E-state index contributed by atoms with van der Waals surface area (Å²) in [5, 5.41) is 3.20. The number of nitrogens with one attached hydrogen (secondary N) is 1. The fourth-order valence-corrected chi connectivity index (χ4v) is 3.00. The summed E-state index contributed by atoms with van der Waals surface area (Å²) < 4.78 is 11.6. The second-order valence-electron chi connectivity index (χ2n) is 5.15. The van der Waals surface area contributed by atoms with Gasteiger partial charge in [-0.1, -0.05) is 20.8 Å². The average molecular weight is 203 g/mol. The van der Waals surface area contributed by atoms with E-state index in [9.17, 15) is 4.21 Å². The fraction of sp³-hybridized carbons (Fsp3) is 1.00. The average Bonchev–Trinajstić information content (AvgIpc) is 1.91. The van der Waals surface area contributed by atoms with E-state index in [1.54, 1.807) is 0 Å². The molecule has 1 atom stereocenters. The lowest BCUT2D eigenvalue weighted by molar-refractivity contribution is 0.379. The molecule has 1 fully saturated rings. The van der Waals surface area contributed by atoms with Crippen molar-refractivity contribution in [2.45, 2.75) is 27.2 Å². The summed E-state index contributed by atoms with van der Waals surface area (Å²) >= 11 is 0.